The van der Waals surface area contributed by atoms with Crippen molar-refractivity contribution in [3.8, 4) is 0 Å². The smallest absolute Gasteiger partial charge is 0.0416 e. The predicted octanol–water partition coefficient (Wildman–Crippen LogP) is 4.36. The molecule has 1 aromatic heterocycles. The summed E-state index contributed by atoms with van der Waals surface area (Å²) in [7, 11) is 0. The maximum absolute atomic E-state index is 4.19. The number of benzene rings is 1. The van der Waals surface area contributed by atoms with E-state index in [1.807, 2.05) is 6.20 Å². The van der Waals surface area contributed by atoms with Crippen molar-refractivity contribution in [3.05, 3.63) is 52.3 Å². The number of rotatable bonds is 4. The van der Waals surface area contributed by atoms with E-state index in [2.05, 4.69) is 62.3 Å². The lowest BCUT2D eigenvalue weighted by molar-refractivity contribution is 0.949. The van der Waals surface area contributed by atoms with Crippen LogP contribution in [0.3, 0.4) is 0 Å². The Labute approximate surface area is 134 Å². The molecule has 0 atom stereocenters. The van der Waals surface area contributed by atoms with Crippen molar-refractivity contribution < 1.29 is 0 Å². The normalized spacial score (nSPS) is 14.5. The molecule has 0 aliphatic carbocycles. The first kappa shape index (κ1) is 14.4. The molecular weight excluding hydrogens is 326 g/mol. The van der Waals surface area contributed by atoms with Crippen LogP contribution in [0.4, 0.5) is 11.4 Å². The fraction of sp³-hybridized carbons (Fsp3) is 0.353. The van der Waals surface area contributed by atoms with Crippen molar-refractivity contribution in [2.24, 2.45) is 0 Å². The maximum Gasteiger partial charge on any atom is 0.0416 e. The van der Waals surface area contributed by atoms with Gasteiger partial charge >= 0.3 is 0 Å². The Hall–Kier alpha value is -1.55. The third-order valence-corrected chi connectivity index (χ3v) is 4.36. The summed E-state index contributed by atoms with van der Waals surface area (Å²) >= 11 is 3.45. The first-order valence-electron chi connectivity index (χ1n) is 7.41. The average molecular weight is 346 g/mol. The largest absolute Gasteiger partial charge is 0.381 e. The zero-order valence-corrected chi connectivity index (χ0v) is 13.9. The van der Waals surface area contributed by atoms with E-state index in [0.717, 1.165) is 11.0 Å². The van der Waals surface area contributed by atoms with Crippen LogP contribution in [0.25, 0.3) is 0 Å². The van der Waals surface area contributed by atoms with Crippen LogP contribution < -0.4 is 10.2 Å². The summed E-state index contributed by atoms with van der Waals surface area (Å²) in [5, 5.41) is 3.49. The molecule has 1 aliphatic heterocycles. The summed E-state index contributed by atoms with van der Waals surface area (Å²) in [6.07, 6.45) is 6.33. The molecule has 0 bridgehead atoms. The summed E-state index contributed by atoms with van der Waals surface area (Å²) in [5.41, 5.74) is 5.01. The number of aryl methyl sites for hydroxylation is 1. The zero-order chi connectivity index (χ0) is 14.7. The number of hydrogen-bond donors (Lipinski definition) is 1. The summed E-state index contributed by atoms with van der Waals surface area (Å²) in [4.78, 5) is 6.66. The number of nitrogens with zero attached hydrogens (tertiary/aromatic N) is 2. The van der Waals surface area contributed by atoms with E-state index in [9.17, 15) is 0 Å². The van der Waals surface area contributed by atoms with Gasteiger partial charge in [-0.15, -0.1) is 0 Å². The van der Waals surface area contributed by atoms with Crippen LogP contribution in [-0.4, -0.2) is 18.1 Å². The molecule has 2 aromatic rings. The van der Waals surface area contributed by atoms with E-state index in [1.165, 1.54) is 48.4 Å². The molecule has 4 heteroatoms. The molecule has 0 saturated carbocycles. The van der Waals surface area contributed by atoms with E-state index in [1.54, 1.807) is 6.20 Å². The molecular formula is C17H20BrN3. The van der Waals surface area contributed by atoms with E-state index in [4.69, 9.17) is 0 Å². The van der Waals surface area contributed by atoms with Crippen molar-refractivity contribution in [1.82, 2.24) is 4.98 Å². The molecule has 0 spiro atoms. The van der Waals surface area contributed by atoms with Gasteiger partial charge in [-0.2, -0.15) is 0 Å². The van der Waals surface area contributed by atoms with E-state index in [-0.39, 0.29) is 0 Å². The Morgan fingerprint density at radius 2 is 2.00 bits per heavy atom. The van der Waals surface area contributed by atoms with Gasteiger partial charge in [0, 0.05) is 47.9 Å². The van der Waals surface area contributed by atoms with Gasteiger partial charge in [-0.25, -0.2) is 0 Å². The second kappa shape index (κ2) is 6.48. The molecule has 1 N–H and O–H groups in total. The standard InChI is InChI=1S/C17H20BrN3/c1-13-8-16(21-6-2-3-7-21)4-5-17(13)20-11-14-9-15(18)12-19-10-14/h4-5,8-10,12,20H,2-3,6-7,11H2,1H3. The van der Waals surface area contributed by atoms with Crippen LogP contribution in [0.1, 0.15) is 24.0 Å². The highest BCUT2D eigenvalue weighted by Gasteiger charge is 2.12. The molecule has 1 aromatic carbocycles. The van der Waals surface area contributed by atoms with E-state index in [0.29, 0.717) is 0 Å². The fourth-order valence-corrected chi connectivity index (χ4v) is 3.18. The highest BCUT2D eigenvalue weighted by Crippen LogP contribution is 2.25. The summed E-state index contributed by atoms with van der Waals surface area (Å²) in [6.45, 7) is 5.34. The molecule has 110 valence electrons. The van der Waals surface area contributed by atoms with Crippen molar-refractivity contribution in [3.63, 3.8) is 0 Å². The SMILES string of the molecule is Cc1cc(N2CCCC2)ccc1NCc1cncc(Br)c1. The van der Waals surface area contributed by atoms with Crippen LogP contribution in [0, 0.1) is 6.92 Å². The summed E-state index contributed by atoms with van der Waals surface area (Å²) in [5.74, 6) is 0. The van der Waals surface area contributed by atoms with Gasteiger partial charge in [0.05, 0.1) is 0 Å². The average Bonchev–Trinajstić information content (AvgIpc) is 3.00. The Morgan fingerprint density at radius 3 is 2.71 bits per heavy atom. The van der Waals surface area contributed by atoms with Gasteiger partial charge in [0.15, 0.2) is 0 Å². The highest BCUT2D eigenvalue weighted by atomic mass is 79.9. The van der Waals surface area contributed by atoms with Gasteiger partial charge in [0.2, 0.25) is 0 Å². The third kappa shape index (κ3) is 3.56. The lowest BCUT2D eigenvalue weighted by Crippen LogP contribution is -2.17. The second-order valence-corrected chi connectivity index (χ2v) is 6.47. The van der Waals surface area contributed by atoms with Crippen molar-refractivity contribution >= 4 is 27.3 Å². The molecule has 0 amide bonds. The number of nitrogens with one attached hydrogen (secondary N) is 1. The first-order valence-corrected chi connectivity index (χ1v) is 8.20. The van der Waals surface area contributed by atoms with E-state index < -0.39 is 0 Å². The topological polar surface area (TPSA) is 28.2 Å². The van der Waals surface area contributed by atoms with Crippen LogP contribution in [0.15, 0.2) is 41.1 Å². The maximum atomic E-state index is 4.19. The van der Waals surface area contributed by atoms with Crippen molar-refractivity contribution in [2.45, 2.75) is 26.3 Å². The van der Waals surface area contributed by atoms with Crippen LogP contribution >= 0.6 is 15.9 Å². The molecule has 0 unspecified atom stereocenters. The zero-order valence-electron chi connectivity index (χ0n) is 12.3. The second-order valence-electron chi connectivity index (χ2n) is 5.56. The van der Waals surface area contributed by atoms with Gasteiger partial charge in [-0.3, -0.25) is 4.98 Å². The first-order chi connectivity index (χ1) is 10.2. The van der Waals surface area contributed by atoms with Gasteiger partial charge < -0.3 is 10.2 Å². The molecule has 1 fully saturated rings. The predicted molar refractivity (Wildman–Crippen MR) is 91.9 cm³/mol. The lowest BCUT2D eigenvalue weighted by Gasteiger charge is -2.19. The van der Waals surface area contributed by atoms with Gasteiger partial charge in [-0.05, 0) is 71.1 Å². The monoisotopic (exact) mass is 345 g/mol. The molecule has 0 radical (unpaired) electrons. The Kier molecular flexibility index (Phi) is 4.44. The number of anilines is 2. The fourth-order valence-electron chi connectivity index (χ4n) is 2.77. The molecule has 21 heavy (non-hydrogen) atoms. The van der Waals surface area contributed by atoms with Gasteiger partial charge in [-0.1, -0.05) is 0 Å². The van der Waals surface area contributed by atoms with Gasteiger partial charge in [0.25, 0.3) is 0 Å². The van der Waals surface area contributed by atoms with Crippen LogP contribution in [-0.2, 0) is 6.54 Å². The number of aromatic nitrogens is 1. The third-order valence-electron chi connectivity index (χ3n) is 3.93. The quantitative estimate of drug-likeness (QED) is 0.891. The van der Waals surface area contributed by atoms with Crippen molar-refractivity contribution in [1.29, 1.82) is 0 Å². The number of halogens is 1. The van der Waals surface area contributed by atoms with E-state index >= 15 is 0 Å². The minimum atomic E-state index is 0.788. The lowest BCUT2D eigenvalue weighted by atomic mass is 10.1. The minimum absolute atomic E-state index is 0.788. The van der Waals surface area contributed by atoms with Crippen molar-refractivity contribution in [2.75, 3.05) is 23.3 Å². The van der Waals surface area contributed by atoms with Crippen LogP contribution in [0.5, 0.6) is 0 Å². The summed E-state index contributed by atoms with van der Waals surface area (Å²) in [6, 6.07) is 8.79. The van der Waals surface area contributed by atoms with Gasteiger partial charge in [0.1, 0.15) is 0 Å². The Bertz CT molecular complexity index is 621. The molecule has 3 rings (SSSR count). The minimum Gasteiger partial charge on any atom is -0.381 e. The molecule has 3 nitrogen and oxygen atoms in total. The number of hydrogen-bond acceptors (Lipinski definition) is 3. The Balaban J connectivity index is 1.68. The Morgan fingerprint density at radius 1 is 1.19 bits per heavy atom. The molecule has 1 aliphatic rings. The molecule has 2 heterocycles. The molecule has 1 saturated heterocycles. The summed E-state index contributed by atoms with van der Waals surface area (Å²) < 4.78 is 1.02. The highest BCUT2D eigenvalue weighted by molar-refractivity contribution is 9.10. The van der Waals surface area contributed by atoms with Crippen LogP contribution in [0.2, 0.25) is 0 Å². The number of pyridine rings is 1.